The van der Waals surface area contributed by atoms with Gasteiger partial charge in [-0.1, -0.05) is 41.1 Å². The molecule has 1 aromatic carbocycles. The van der Waals surface area contributed by atoms with Crippen LogP contribution in [0.5, 0.6) is 0 Å². The maximum absolute atomic E-state index is 9.68. The van der Waals surface area contributed by atoms with Gasteiger partial charge in [-0.2, -0.15) is 0 Å². The standard InChI is InChI=1S/C13H18BrNO/c1-10-8-15(7-6-13(10)16)9-11-4-2-3-5-12(11)14/h2-5,10,13,16H,6-9H2,1H3. The molecule has 1 aliphatic heterocycles. The molecule has 1 N–H and O–H groups in total. The van der Waals surface area contributed by atoms with Crippen LogP contribution in [0.4, 0.5) is 0 Å². The van der Waals surface area contributed by atoms with Crippen LogP contribution in [0, 0.1) is 5.92 Å². The summed E-state index contributed by atoms with van der Waals surface area (Å²) < 4.78 is 1.17. The lowest BCUT2D eigenvalue weighted by Gasteiger charge is -2.34. The molecule has 1 heterocycles. The molecule has 16 heavy (non-hydrogen) atoms. The fraction of sp³-hybridized carbons (Fsp3) is 0.538. The Bertz CT molecular complexity index is 356. The van der Waals surface area contributed by atoms with Gasteiger partial charge in [0, 0.05) is 24.1 Å². The maximum atomic E-state index is 9.68. The highest BCUT2D eigenvalue weighted by Crippen LogP contribution is 2.22. The summed E-state index contributed by atoms with van der Waals surface area (Å²) in [6, 6.07) is 8.34. The van der Waals surface area contributed by atoms with E-state index in [1.807, 2.05) is 6.07 Å². The third-order valence-electron chi connectivity index (χ3n) is 3.30. The van der Waals surface area contributed by atoms with E-state index in [2.05, 4.69) is 46.0 Å². The fourth-order valence-corrected chi connectivity index (χ4v) is 2.64. The van der Waals surface area contributed by atoms with Crippen LogP contribution in [0.1, 0.15) is 18.9 Å². The zero-order chi connectivity index (χ0) is 11.5. The lowest BCUT2D eigenvalue weighted by molar-refractivity contribution is 0.0319. The lowest BCUT2D eigenvalue weighted by Crippen LogP contribution is -2.41. The second kappa shape index (κ2) is 5.30. The van der Waals surface area contributed by atoms with Gasteiger partial charge in [0.2, 0.25) is 0 Å². The monoisotopic (exact) mass is 283 g/mol. The van der Waals surface area contributed by atoms with Crippen LogP contribution in [0.25, 0.3) is 0 Å². The number of hydrogen-bond acceptors (Lipinski definition) is 2. The average Bonchev–Trinajstić information content (AvgIpc) is 2.27. The summed E-state index contributed by atoms with van der Waals surface area (Å²) in [6.45, 7) is 5.07. The third-order valence-corrected chi connectivity index (χ3v) is 4.07. The minimum Gasteiger partial charge on any atom is -0.393 e. The first kappa shape index (κ1) is 12.1. The van der Waals surface area contributed by atoms with Crippen molar-refractivity contribution in [1.82, 2.24) is 4.90 Å². The number of nitrogens with zero attached hydrogens (tertiary/aromatic N) is 1. The van der Waals surface area contributed by atoms with E-state index >= 15 is 0 Å². The lowest BCUT2D eigenvalue weighted by atomic mass is 9.96. The van der Waals surface area contributed by atoms with Gasteiger partial charge in [-0.25, -0.2) is 0 Å². The molecule has 1 fully saturated rings. The number of hydrogen-bond donors (Lipinski definition) is 1. The zero-order valence-electron chi connectivity index (χ0n) is 9.56. The summed E-state index contributed by atoms with van der Waals surface area (Å²) in [4.78, 5) is 2.41. The van der Waals surface area contributed by atoms with Gasteiger partial charge in [0.25, 0.3) is 0 Å². The van der Waals surface area contributed by atoms with Crippen molar-refractivity contribution in [3.63, 3.8) is 0 Å². The first-order valence-electron chi connectivity index (χ1n) is 5.80. The van der Waals surface area contributed by atoms with Crippen molar-refractivity contribution in [2.45, 2.75) is 26.0 Å². The third kappa shape index (κ3) is 2.84. The Kier molecular flexibility index (Phi) is 4.00. The summed E-state index contributed by atoms with van der Waals surface area (Å²) in [5.41, 5.74) is 1.33. The molecule has 0 radical (unpaired) electrons. The number of piperidine rings is 1. The predicted molar refractivity (Wildman–Crippen MR) is 69.2 cm³/mol. The first-order valence-corrected chi connectivity index (χ1v) is 6.60. The Labute approximate surface area is 105 Å². The first-order chi connectivity index (χ1) is 7.66. The van der Waals surface area contributed by atoms with E-state index in [0.717, 1.165) is 26.1 Å². The summed E-state index contributed by atoms with van der Waals surface area (Å²) in [6.07, 6.45) is 0.779. The number of aliphatic hydroxyl groups is 1. The molecule has 1 aliphatic rings. The van der Waals surface area contributed by atoms with Gasteiger partial charge in [0.1, 0.15) is 0 Å². The number of rotatable bonds is 2. The quantitative estimate of drug-likeness (QED) is 0.902. The number of likely N-dealkylation sites (tertiary alicyclic amines) is 1. The molecular weight excluding hydrogens is 266 g/mol. The van der Waals surface area contributed by atoms with Crippen molar-refractivity contribution in [1.29, 1.82) is 0 Å². The molecule has 3 heteroatoms. The fourth-order valence-electron chi connectivity index (χ4n) is 2.23. The Hall–Kier alpha value is -0.380. The van der Waals surface area contributed by atoms with Crippen molar-refractivity contribution in [3.8, 4) is 0 Å². The molecule has 1 aromatic rings. The molecule has 2 unspecified atom stereocenters. The molecule has 88 valence electrons. The minimum atomic E-state index is -0.115. The summed E-state index contributed by atoms with van der Waals surface area (Å²) in [5, 5.41) is 9.68. The van der Waals surface area contributed by atoms with Crippen LogP contribution < -0.4 is 0 Å². The molecular formula is C13H18BrNO. The molecule has 2 rings (SSSR count). The van der Waals surface area contributed by atoms with Crippen molar-refractivity contribution < 1.29 is 5.11 Å². The topological polar surface area (TPSA) is 23.5 Å². The predicted octanol–water partition coefficient (Wildman–Crippen LogP) is 2.65. The van der Waals surface area contributed by atoms with Gasteiger partial charge in [-0.3, -0.25) is 4.90 Å². The molecule has 0 aromatic heterocycles. The van der Waals surface area contributed by atoms with Gasteiger partial charge >= 0.3 is 0 Å². The molecule has 0 amide bonds. The smallest absolute Gasteiger partial charge is 0.0590 e. The molecule has 0 saturated carbocycles. The van der Waals surface area contributed by atoms with Gasteiger partial charge < -0.3 is 5.11 Å². The number of aliphatic hydroxyl groups excluding tert-OH is 1. The van der Waals surface area contributed by atoms with Crippen molar-refractivity contribution in [2.24, 2.45) is 5.92 Å². The van der Waals surface area contributed by atoms with Crippen molar-refractivity contribution >= 4 is 15.9 Å². The van der Waals surface area contributed by atoms with Crippen molar-refractivity contribution in [2.75, 3.05) is 13.1 Å². The van der Waals surface area contributed by atoms with Gasteiger partial charge in [0.05, 0.1) is 6.10 Å². The van der Waals surface area contributed by atoms with Crippen LogP contribution in [-0.4, -0.2) is 29.2 Å². The van der Waals surface area contributed by atoms with Crippen LogP contribution in [-0.2, 0) is 6.54 Å². The van der Waals surface area contributed by atoms with Crippen LogP contribution in [0.15, 0.2) is 28.7 Å². The molecule has 0 spiro atoms. The second-order valence-corrected chi connectivity index (χ2v) is 5.51. The van der Waals surface area contributed by atoms with E-state index in [-0.39, 0.29) is 6.10 Å². The van der Waals surface area contributed by atoms with E-state index in [9.17, 15) is 5.11 Å². The number of benzene rings is 1. The highest BCUT2D eigenvalue weighted by Gasteiger charge is 2.24. The van der Waals surface area contributed by atoms with Crippen molar-refractivity contribution in [3.05, 3.63) is 34.3 Å². The average molecular weight is 284 g/mol. The maximum Gasteiger partial charge on any atom is 0.0590 e. The van der Waals surface area contributed by atoms with Crippen LogP contribution >= 0.6 is 15.9 Å². The van der Waals surface area contributed by atoms with Crippen LogP contribution in [0.3, 0.4) is 0 Å². The molecule has 0 bridgehead atoms. The number of halogens is 1. The Morgan fingerprint density at radius 3 is 2.88 bits per heavy atom. The molecule has 2 nitrogen and oxygen atoms in total. The van der Waals surface area contributed by atoms with Gasteiger partial charge in [-0.05, 0) is 24.0 Å². The van der Waals surface area contributed by atoms with Gasteiger partial charge in [0.15, 0.2) is 0 Å². The zero-order valence-corrected chi connectivity index (χ0v) is 11.2. The molecule has 2 atom stereocenters. The minimum absolute atomic E-state index is 0.115. The van der Waals surface area contributed by atoms with E-state index < -0.39 is 0 Å². The Morgan fingerprint density at radius 1 is 1.44 bits per heavy atom. The summed E-state index contributed by atoms with van der Waals surface area (Å²) in [7, 11) is 0. The van der Waals surface area contributed by atoms with Gasteiger partial charge in [-0.15, -0.1) is 0 Å². The van der Waals surface area contributed by atoms with E-state index in [1.54, 1.807) is 0 Å². The van der Waals surface area contributed by atoms with Crippen LogP contribution in [0.2, 0.25) is 0 Å². The largest absolute Gasteiger partial charge is 0.393 e. The molecule has 0 aliphatic carbocycles. The highest BCUT2D eigenvalue weighted by atomic mass is 79.9. The summed E-state index contributed by atoms with van der Waals surface area (Å²) >= 11 is 3.57. The normalized spacial score (nSPS) is 26.9. The second-order valence-electron chi connectivity index (χ2n) is 4.66. The molecule has 1 saturated heterocycles. The van der Waals surface area contributed by atoms with E-state index in [1.165, 1.54) is 10.0 Å². The Morgan fingerprint density at radius 2 is 2.19 bits per heavy atom. The SMILES string of the molecule is CC1CN(Cc2ccccc2Br)CCC1O. The highest BCUT2D eigenvalue weighted by molar-refractivity contribution is 9.10. The van der Waals surface area contributed by atoms with E-state index in [0.29, 0.717) is 5.92 Å². The Balaban J connectivity index is 1.98. The van der Waals surface area contributed by atoms with E-state index in [4.69, 9.17) is 0 Å². The summed E-state index contributed by atoms with van der Waals surface area (Å²) in [5.74, 6) is 0.385.